The number of para-hydroxylation sites is 1. The average molecular weight is 320 g/mol. The lowest BCUT2D eigenvalue weighted by molar-refractivity contribution is -0.115. The van der Waals surface area contributed by atoms with Crippen molar-refractivity contribution in [2.24, 2.45) is 0 Å². The molecule has 1 amide bonds. The topological polar surface area (TPSA) is 29.1 Å². The van der Waals surface area contributed by atoms with E-state index in [-0.39, 0.29) is 11.2 Å². The maximum Gasteiger partial charge on any atom is 0.237 e. The summed E-state index contributed by atoms with van der Waals surface area (Å²) in [6, 6.07) is 17.7. The van der Waals surface area contributed by atoms with Crippen LogP contribution < -0.4 is 5.32 Å². The Balaban J connectivity index is 1.86. The van der Waals surface area contributed by atoms with Gasteiger partial charge in [-0.15, -0.1) is 23.4 Å². The zero-order chi connectivity index (χ0) is 15.1. The van der Waals surface area contributed by atoms with Crippen LogP contribution in [0.4, 0.5) is 5.69 Å². The van der Waals surface area contributed by atoms with Crippen LogP contribution in [0, 0.1) is 0 Å². The van der Waals surface area contributed by atoms with E-state index in [2.05, 4.69) is 17.4 Å². The highest BCUT2D eigenvalue weighted by Crippen LogP contribution is 2.20. The Hall–Kier alpha value is -1.45. The lowest BCUT2D eigenvalue weighted by Crippen LogP contribution is -2.22. The fourth-order valence-corrected chi connectivity index (χ4v) is 2.86. The maximum atomic E-state index is 12.1. The van der Waals surface area contributed by atoms with Gasteiger partial charge in [-0.1, -0.05) is 42.5 Å². The number of amides is 1. The monoisotopic (exact) mass is 319 g/mol. The lowest BCUT2D eigenvalue weighted by atomic mass is 10.2. The van der Waals surface area contributed by atoms with Gasteiger partial charge in [-0.3, -0.25) is 4.79 Å². The number of hydrogen-bond acceptors (Lipinski definition) is 2. The Kier molecular flexibility index (Phi) is 6.15. The molecule has 21 heavy (non-hydrogen) atoms. The van der Waals surface area contributed by atoms with Gasteiger partial charge in [0.1, 0.15) is 0 Å². The van der Waals surface area contributed by atoms with Crippen LogP contribution >= 0.6 is 23.4 Å². The summed E-state index contributed by atoms with van der Waals surface area (Å²) in [6.07, 6.45) is 0. The summed E-state index contributed by atoms with van der Waals surface area (Å²) in [6.45, 7) is 1.92. The molecular weight excluding hydrogens is 302 g/mol. The smallest absolute Gasteiger partial charge is 0.237 e. The summed E-state index contributed by atoms with van der Waals surface area (Å²) in [4.78, 5) is 12.1. The number of carbonyl (C=O) groups is 1. The van der Waals surface area contributed by atoms with Crippen molar-refractivity contribution in [2.45, 2.75) is 23.8 Å². The van der Waals surface area contributed by atoms with E-state index in [9.17, 15) is 4.79 Å². The second-order valence-corrected chi connectivity index (χ2v) is 6.36. The van der Waals surface area contributed by atoms with E-state index in [0.29, 0.717) is 5.88 Å². The van der Waals surface area contributed by atoms with E-state index in [1.807, 2.05) is 49.4 Å². The van der Waals surface area contributed by atoms with Crippen molar-refractivity contribution >= 4 is 35.0 Å². The molecule has 4 heteroatoms. The predicted molar refractivity (Wildman–Crippen MR) is 91.8 cm³/mol. The Morgan fingerprint density at radius 1 is 1.14 bits per heavy atom. The fraction of sp³-hybridized carbons (Fsp3) is 0.235. The number of alkyl halides is 1. The fourth-order valence-electron chi connectivity index (χ4n) is 1.86. The number of nitrogens with one attached hydrogen (secondary N) is 1. The summed E-state index contributed by atoms with van der Waals surface area (Å²) in [5.74, 6) is 1.34. The van der Waals surface area contributed by atoms with Crippen LogP contribution in [-0.2, 0) is 16.4 Å². The molecule has 1 atom stereocenters. The number of thioether (sulfide) groups is 1. The van der Waals surface area contributed by atoms with Crippen LogP contribution in [0.15, 0.2) is 54.6 Å². The number of halogens is 1. The van der Waals surface area contributed by atoms with Crippen molar-refractivity contribution in [3.8, 4) is 0 Å². The van der Waals surface area contributed by atoms with Gasteiger partial charge >= 0.3 is 0 Å². The van der Waals surface area contributed by atoms with Gasteiger partial charge in [-0.25, -0.2) is 0 Å². The van der Waals surface area contributed by atoms with Crippen LogP contribution in [0.25, 0.3) is 0 Å². The Labute approximate surface area is 134 Å². The molecule has 0 heterocycles. The summed E-state index contributed by atoms with van der Waals surface area (Å²) < 4.78 is 0. The molecule has 0 aliphatic carbocycles. The zero-order valence-electron chi connectivity index (χ0n) is 11.9. The first-order valence-corrected chi connectivity index (χ1v) is 8.38. The van der Waals surface area contributed by atoms with Crippen LogP contribution in [0.5, 0.6) is 0 Å². The minimum atomic E-state index is -0.107. The molecule has 1 unspecified atom stereocenters. The van der Waals surface area contributed by atoms with Crippen molar-refractivity contribution in [3.63, 3.8) is 0 Å². The van der Waals surface area contributed by atoms with Gasteiger partial charge in [-0.2, -0.15) is 0 Å². The van der Waals surface area contributed by atoms with Crippen LogP contribution in [0.1, 0.15) is 18.1 Å². The molecule has 0 bridgehead atoms. The van der Waals surface area contributed by atoms with Gasteiger partial charge in [0.15, 0.2) is 0 Å². The SMILES string of the molecule is CC(SCc1cccc(CCl)c1)C(=O)Nc1ccccc1. The molecule has 2 rings (SSSR count). The molecule has 0 saturated carbocycles. The van der Waals surface area contributed by atoms with Crippen molar-refractivity contribution in [3.05, 3.63) is 65.7 Å². The van der Waals surface area contributed by atoms with Crippen molar-refractivity contribution in [2.75, 3.05) is 5.32 Å². The summed E-state index contributed by atoms with van der Waals surface area (Å²) in [5, 5.41) is 2.81. The Morgan fingerprint density at radius 2 is 1.86 bits per heavy atom. The molecule has 0 spiro atoms. The minimum absolute atomic E-state index is 0.0275. The van der Waals surface area contributed by atoms with Crippen LogP contribution in [-0.4, -0.2) is 11.2 Å². The molecule has 0 aliphatic heterocycles. The van der Waals surface area contributed by atoms with Gasteiger partial charge in [0.2, 0.25) is 5.91 Å². The lowest BCUT2D eigenvalue weighted by Gasteiger charge is -2.12. The zero-order valence-corrected chi connectivity index (χ0v) is 13.5. The minimum Gasteiger partial charge on any atom is -0.325 e. The highest BCUT2D eigenvalue weighted by molar-refractivity contribution is 7.99. The molecule has 2 nitrogen and oxygen atoms in total. The molecule has 1 N–H and O–H groups in total. The van der Waals surface area contributed by atoms with Crippen molar-refractivity contribution < 1.29 is 4.79 Å². The molecule has 2 aromatic rings. The number of hydrogen-bond donors (Lipinski definition) is 1. The Bertz CT molecular complexity index is 588. The number of carbonyl (C=O) groups excluding carboxylic acids is 1. The normalized spacial score (nSPS) is 11.9. The van der Waals surface area contributed by atoms with E-state index in [1.54, 1.807) is 11.8 Å². The van der Waals surface area contributed by atoms with E-state index in [0.717, 1.165) is 17.0 Å². The third-order valence-electron chi connectivity index (χ3n) is 3.06. The largest absolute Gasteiger partial charge is 0.325 e. The van der Waals surface area contributed by atoms with Gasteiger partial charge in [-0.05, 0) is 30.2 Å². The molecule has 0 aliphatic rings. The van der Waals surface area contributed by atoms with Gasteiger partial charge in [0.05, 0.1) is 5.25 Å². The van der Waals surface area contributed by atoms with E-state index < -0.39 is 0 Å². The van der Waals surface area contributed by atoms with Crippen molar-refractivity contribution in [1.82, 2.24) is 0 Å². The van der Waals surface area contributed by atoms with Gasteiger partial charge in [0, 0.05) is 17.3 Å². The highest BCUT2D eigenvalue weighted by Gasteiger charge is 2.13. The van der Waals surface area contributed by atoms with Crippen molar-refractivity contribution in [1.29, 1.82) is 0 Å². The van der Waals surface area contributed by atoms with Gasteiger partial charge in [0.25, 0.3) is 0 Å². The second kappa shape index (κ2) is 8.11. The molecular formula is C17H18ClNOS. The third-order valence-corrected chi connectivity index (χ3v) is 4.58. The highest BCUT2D eigenvalue weighted by atomic mass is 35.5. The summed E-state index contributed by atoms with van der Waals surface area (Å²) in [7, 11) is 0. The first kappa shape index (κ1) is 15.9. The van der Waals surface area contributed by atoms with Crippen LogP contribution in [0.3, 0.4) is 0 Å². The molecule has 110 valence electrons. The summed E-state index contributed by atoms with van der Waals surface area (Å²) in [5.41, 5.74) is 3.13. The van der Waals surface area contributed by atoms with E-state index in [4.69, 9.17) is 11.6 Å². The van der Waals surface area contributed by atoms with E-state index >= 15 is 0 Å². The number of anilines is 1. The average Bonchev–Trinajstić information content (AvgIpc) is 2.53. The maximum absolute atomic E-state index is 12.1. The molecule has 0 fully saturated rings. The van der Waals surface area contributed by atoms with E-state index in [1.165, 1.54) is 5.56 Å². The number of benzene rings is 2. The first-order chi connectivity index (χ1) is 10.2. The standard InChI is InChI=1S/C17H18ClNOS/c1-13(17(20)19-16-8-3-2-4-9-16)21-12-15-7-5-6-14(10-15)11-18/h2-10,13H,11-12H2,1H3,(H,19,20). The predicted octanol–water partition coefficient (Wildman–Crippen LogP) is 4.69. The molecule has 2 aromatic carbocycles. The second-order valence-electron chi connectivity index (χ2n) is 4.76. The molecule has 0 radical (unpaired) electrons. The first-order valence-electron chi connectivity index (χ1n) is 6.80. The van der Waals surface area contributed by atoms with Gasteiger partial charge < -0.3 is 5.32 Å². The number of rotatable bonds is 6. The quantitative estimate of drug-likeness (QED) is 0.783. The third kappa shape index (κ3) is 5.10. The van der Waals surface area contributed by atoms with Crippen LogP contribution in [0.2, 0.25) is 0 Å². The molecule has 0 aromatic heterocycles. The molecule has 0 saturated heterocycles. The Morgan fingerprint density at radius 3 is 2.57 bits per heavy atom. The summed E-state index contributed by atoms with van der Waals surface area (Å²) >= 11 is 7.45.